The molecular formula is C31H42N2O6. The van der Waals surface area contributed by atoms with Crippen molar-refractivity contribution >= 4 is 11.6 Å². The maximum atomic E-state index is 13.9. The Labute approximate surface area is 232 Å². The van der Waals surface area contributed by atoms with Gasteiger partial charge in [-0.2, -0.15) is 0 Å². The Morgan fingerprint density at radius 3 is 1.36 bits per heavy atom. The number of hydrogen-bond donors (Lipinski definition) is 0. The van der Waals surface area contributed by atoms with Crippen molar-refractivity contribution in [2.45, 2.75) is 20.3 Å². The SMILES string of the molecule is CCOc1ccc(C(=O)[C@H](C[C@H](CN2CCOCC2)C(=O)c2ccc(OCC)cc2)CN2CCOCC2)cc1. The van der Waals surface area contributed by atoms with Gasteiger partial charge in [0.1, 0.15) is 11.5 Å². The fourth-order valence-electron chi connectivity index (χ4n) is 5.30. The van der Waals surface area contributed by atoms with E-state index in [4.69, 9.17) is 18.9 Å². The van der Waals surface area contributed by atoms with E-state index < -0.39 is 0 Å². The Balaban J connectivity index is 1.58. The maximum Gasteiger partial charge on any atom is 0.167 e. The first-order valence-corrected chi connectivity index (χ1v) is 14.2. The molecule has 8 heteroatoms. The molecule has 2 aliphatic heterocycles. The van der Waals surface area contributed by atoms with E-state index >= 15 is 0 Å². The molecule has 0 aliphatic carbocycles. The topological polar surface area (TPSA) is 77.5 Å². The first-order chi connectivity index (χ1) is 19.1. The van der Waals surface area contributed by atoms with Crippen LogP contribution < -0.4 is 9.47 Å². The van der Waals surface area contributed by atoms with Crippen molar-refractivity contribution < 1.29 is 28.5 Å². The summed E-state index contributed by atoms with van der Waals surface area (Å²) in [5.74, 6) is 0.980. The molecule has 0 N–H and O–H groups in total. The van der Waals surface area contributed by atoms with Crippen LogP contribution in [0.5, 0.6) is 11.5 Å². The van der Waals surface area contributed by atoms with Crippen molar-refractivity contribution in [1.29, 1.82) is 0 Å². The number of Topliss-reactive ketones (excluding diaryl/α,β-unsaturated/α-hetero) is 2. The van der Waals surface area contributed by atoms with Gasteiger partial charge in [-0.3, -0.25) is 19.4 Å². The maximum absolute atomic E-state index is 13.9. The normalized spacial score (nSPS) is 18.3. The fourth-order valence-corrected chi connectivity index (χ4v) is 5.30. The summed E-state index contributed by atoms with van der Waals surface area (Å²) in [7, 11) is 0. The third-order valence-electron chi connectivity index (χ3n) is 7.37. The highest BCUT2D eigenvalue weighted by Crippen LogP contribution is 2.26. The largest absolute Gasteiger partial charge is 0.494 e. The van der Waals surface area contributed by atoms with Gasteiger partial charge in [0, 0.05) is 62.2 Å². The molecule has 2 atom stereocenters. The first-order valence-electron chi connectivity index (χ1n) is 14.2. The van der Waals surface area contributed by atoms with E-state index in [0.29, 0.717) is 70.3 Å². The van der Waals surface area contributed by atoms with E-state index in [1.807, 2.05) is 62.4 Å². The van der Waals surface area contributed by atoms with Crippen LogP contribution in [0.15, 0.2) is 48.5 Å². The second-order valence-corrected chi connectivity index (χ2v) is 10.1. The van der Waals surface area contributed by atoms with Crippen LogP contribution in [0.1, 0.15) is 41.0 Å². The Hall–Kier alpha value is -2.78. The summed E-state index contributed by atoms with van der Waals surface area (Å²) in [6.07, 6.45) is 0.479. The molecule has 2 aliphatic rings. The van der Waals surface area contributed by atoms with Crippen LogP contribution in [0, 0.1) is 11.8 Å². The molecule has 0 unspecified atom stereocenters. The highest BCUT2D eigenvalue weighted by molar-refractivity contribution is 6.00. The minimum Gasteiger partial charge on any atom is -0.494 e. The number of hydrogen-bond acceptors (Lipinski definition) is 8. The van der Waals surface area contributed by atoms with Gasteiger partial charge >= 0.3 is 0 Å². The monoisotopic (exact) mass is 538 g/mol. The number of morpholine rings is 2. The molecule has 2 aromatic rings. The van der Waals surface area contributed by atoms with Gasteiger partial charge < -0.3 is 18.9 Å². The molecular weight excluding hydrogens is 496 g/mol. The van der Waals surface area contributed by atoms with Gasteiger partial charge in [-0.1, -0.05) is 0 Å². The molecule has 2 heterocycles. The average molecular weight is 539 g/mol. The van der Waals surface area contributed by atoms with Crippen LogP contribution in [-0.4, -0.2) is 100 Å². The van der Waals surface area contributed by atoms with E-state index in [9.17, 15) is 9.59 Å². The third-order valence-corrected chi connectivity index (χ3v) is 7.37. The fraction of sp³-hybridized carbons (Fsp3) is 0.548. The molecule has 8 nitrogen and oxygen atoms in total. The summed E-state index contributed by atoms with van der Waals surface area (Å²) < 4.78 is 22.2. The van der Waals surface area contributed by atoms with Gasteiger partial charge in [-0.25, -0.2) is 0 Å². The number of ketones is 2. The molecule has 4 rings (SSSR count). The molecule has 212 valence electrons. The number of nitrogens with zero attached hydrogens (tertiary/aromatic N) is 2. The van der Waals surface area contributed by atoms with Crippen molar-refractivity contribution in [2.24, 2.45) is 11.8 Å². The van der Waals surface area contributed by atoms with Crippen molar-refractivity contribution in [3.8, 4) is 11.5 Å². The third kappa shape index (κ3) is 8.60. The minimum absolute atomic E-state index is 0.0658. The van der Waals surface area contributed by atoms with Crippen LogP contribution in [-0.2, 0) is 9.47 Å². The summed E-state index contributed by atoms with van der Waals surface area (Å²) in [5, 5.41) is 0. The van der Waals surface area contributed by atoms with E-state index in [0.717, 1.165) is 37.7 Å². The molecule has 0 aromatic heterocycles. The quantitative estimate of drug-likeness (QED) is 0.336. The van der Waals surface area contributed by atoms with Gasteiger partial charge in [0.25, 0.3) is 0 Å². The summed E-state index contributed by atoms with van der Waals surface area (Å²) >= 11 is 0. The van der Waals surface area contributed by atoms with Crippen molar-refractivity contribution in [3.05, 3.63) is 59.7 Å². The molecule has 39 heavy (non-hydrogen) atoms. The summed E-state index contributed by atoms with van der Waals surface area (Å²) in [6, 6.07) is 14.7. The van der Waals surface area contributed by atoms with E-state index in [2.05, 4.69) is 9.80 Å². The van der Waals surface area contributed by atoms with Crippen LogP contribution in [0.4, 0.5) is 0 Å². The van der Waals surface area contributed by atoms with Crippen molar-refractivity contribution in [2.75, 3.05) is 78.9 Å². The van der Waals surface area contributed by atoms with Gasteiger partial charge in [-0.15, -0.1) is 0 Å². The summed E-state index contributed by atoms with van der Waals surface area (Å²) in [6.45, 7) is 12.0. The molecule has 0 bridgehead atoms. The van der Waals surface area contributed by atoms with E-state index in [-0.39, 0.29) is 23.4 Å². The first kappa shape index (κ1) is 29.2. The van der Waals surface area contributed by atoms with Crippen LogP contribution in [0.25, 0.3) is 0 Å². The Morgan fingerprint density at radius 1 is 0.667 bits per heavy atom. The van der Waals surface area contributed by atoms with Crippen molar-refractivity contribution in [1.82, 2.24) is 9.80 Å². The molecule has 0 amide bonds. The van der Waals surface area contributed by atoms with Crippen LogP contribution >= 0.6 is 0 Å². The Kier molecular flexibility index (Phi) is 11.3. The standard InChI is InChI=1S/C31H42N2O6/c1-3-38-28-9-5-24(6-10-28)30(34)26(22-32-13-17-36-18-14-32)21-27(23-33-15-19-37-20-16-33)31(35)25-7-11-29(12-8-25)39-4-2/h5-12,26-27H,3-4,13-23H2,1-2H3/t26-,27-/m1/s1. The molecule has 2 fully saturated rings. The number of benzene rings is 2. The van der Waals surface area contributed by atoms with Crippen LogP contribution in [0.3, 0.4) is 0 Å². The van der Waals surface area contributed by atoms with Crippen LogP contribution in [0.2, 0.25) is 0 Å². The lowest BCUT2D eigenvalue weighted by molar-refractivity contribution is 0.0213. The smallest absolute Gasteiger partial charge is 0.167 e. The molecule has 2 aromatic carbocycles. The lowest BCUT2D eigenvalue weighted by Crippen LogP contribution is -2.44. The number of ether oxygens (including phenoxy) is 4. The number of rotatable bonds is 14. The predicted molar refractivity (Wildman–Crippen MR) is 150 cm³/mol. The Morgan fingerprint density at radius 2 is 1.03 bits per heavy atom. The lowest BCUT2D eigenvalue weighted by atomic mass is 9.83. The zero-order chi connectivity index (χ0) is 27.5. The average Bonchev–Trinajstić information content (AvgIpc) is 2.98. The number of carbonyl (C=O) groups is 2. The zero-order valence-electron chi connectivity index (χ0n) is 23.3. The number of carbonyl (C=O) groups excluding carboxylic acids is 2. The minimum atomic E-state index is -0.321. The van der Waals surface area contributed by atoms with E-state index in [1.54, 1.807) is 0 Å². The second-order valence-electron chi connectivity index (χ2n) is 10.1. The zero-order valence-corrected chi connectivity index (χ0v) is 23.3. The molecule has 0 radical (unpaired) electrons. The predicted octanol–water partition coefficient (Wildman–Crippen LogP) is 3.84. The summed E-state index contributed by atoms with van der Waals surface area (Å²) in [4.78, 5) is 32.4. The molecule has 0 spiro atoms. The van der Waals surface area contributed by atoms with Gasteiger partial charge in [0.15, 0.2) is 11.6 Å². The van der Waals surface area contributed by atoms with Gasteiger partial charge in [-0.05, 0) is 68.8 Å². The molecule has 2 saturated heterocycles. The summed E-state index contributed by atoms with van der Waals surface area (Å²) in [5.41, 5.74) is 1.30. The van der Waals surface area contributed by atoms with Crippen molar-refractivity contribution in [3.63, 3.8) is 0 Å². The van der Waals surface area contributed by atoms with Gasteiger partial charge in [0.2, 0.25) is 0 Å². The Bertz CT molecular complexity index is 947. The highest BCUT2D eigenvalue weighted by Gasteiger charge is 2.32. The lowest BCUT2D eigenvalue weighted by Gasteiger charge is -2.34. The van der Waals surface area contributed by atoms with E-state index in [1.165, 1.54) is 0 Å². The highest BCUT2D eigenvalue weighted by atomic mass is 16.5. The van der Waals surface area contributed by atoms with Gasteiger partial charge in [0.05, 0.1) is 39.6 Å². The molecule has 0 saturated carbocycles. The second kappa shape index (κ2) is 15.1.